The molecular formula is C16H25NO. The van der Waals surface area contributed by atoms with Gasteiger partial charge in [0, 0.05) is 13.1 Å². The first kappa shape index (κ1) is 13.6. The Morgan fingerprint density at radius 1 is 1.28 bits per heavy atom. The van der Waals surface area contributed by atoms with E-state index >= 15 is 0 Å². The lowest BCUT2D eigenvalue weighted by molar-refractivity contribution is -0.0143. The second-order valence-electron chi connectivity index (χ2n) is 5.79. The van der Waals surface area contributed by atoms with E-state index in [4.69, 9.17) is 4.74 Å². The fraction of sp³-hybridized carbons (Fsp3) is 0.625. The molecule has 1 aromatic carbocycles. The van der Waals surface area contributed by atoms with E-state index in [0.717, 1.165) is 19.5 Å². The minimum atomic E-state index is 0.0771. The topological polar surface area (TPSA) is 21.3 Å². The first-order valence-corrected chi connectivity index (χ1v) is 7.06. The van der Waals surface area contributed by atoms with Crippen molar-refractivity contribution in [2.75, 3.05) is 6.54 Å². The van der Waals surface area contributed by atoms with Crippen molar-refractivity contribution in [2.24, 2.45) is 0 Å². The highest BCUT2D eigenvalue weighted by molar-refractivity contribution is 5.26. The smallest absolute Gasteiger partial charge is 0.0707 e. The Kier molecular flexibility index (Phi) is 4.41. The third-order valence-corrected chi connectivity index (χ3v) is 3.74. The maximum Gasteiger partial charge on any atom is 0.0707 e. The first-order chi connectivity index (χ1) is 8.61. The number of aryl methyl sites for hydroxylation is 1. The second-order valence-corrected chi connectivity index (χ2v) is 5.79. The summed E-state index contributed by atoms with van der Waals surface area (Å²) in [5, 5.41) is 3.53. The predicted octanol–water partition coefficient (Wildman–Crippen LogP) is 3.30. The van der Waals surface area contributed by atoms with Gasteiger partial charge in [0.25, 0.3) is 0 Å². The summed E-state index contributed by atoms with van der Waals surface area (Å²) in [6.45, 7) is 8.48. The molecule has 0 aliphatic carbocycles. The van der Waals surface area contributed by atoms with Gasteiger partial charge in [0.1, 0.15) is 0 Å². The molecule has 1 aliphatic rings. The van der Waals surface area contributed by atoms with Crippen LogP contribution in [0.4, 0.5) is 0 Å². The van der Waals surface area contributed by atoms with E-state index in [1.807, 2.05) is 0 Å². The molecule has 2 rings (SSSR count). The molecule has 1 saturated heterocycles. The Morgan fingerprint density at radius 3 is 2.61 bits per heavy atom. The zero-order valence-electron chi connectivity index (χ0n) is 11.8. The summed E-state index contributed by atoms with van der Waals surface area (Å²) >= 11 is 0. The van der Waals surface area contributed by atoms with Crippen molar-refractivity contribution in [2.45, 2.75) is 58.3 Å². The van der Waals surface area contributed by atoms with E-state index in [1.54, 1.807) is 0 Å². The fourth-order valence-electron chi connectivity index (χ4n) is 2.66. The van der Waals surface area contributed by atoms with Crippen molar-refractivity contribution in [3.05, 3.63) is 35.4 Å². The first-order valence-electron chi connectivity index (χ1n) is 7.06. The predicted molar refractivity (Wildman–Crippen MR) is 75.7 cm³/mol. The third-order valence-electron chi connectivity index (χ3n) is 3.74. The molecule has 1 unspecified atom stereocenters. The van der Waals surface area contributed by atoms with Gasteiger partial charge in [-0.15, -0.1) is 0 Å². The van der Waals surface area contributed by atoms with Crippen molar-refractivity contribution in [1.29, 1.82) is 0 Å². The van der Waals surface area contributed by atoms with Crippen LogP contribution >= 0.6 is 0 Å². The van der Waals surface area contributed by atoms with Crippen molar-refractivity contribution >= 4 is 0 Å². The van der Waals surface area contributed by atoms with Gasteiger partial charge in [-0.25, -0.2) is 0 Å². The number of benzene rings is 1. The number of ether oxygens (including phenoxy) is 1. The zero-order chi connectivity index (χ0) is 13.0. The monoisotopic (exact) mass is 247 g/mol. The molecule has 0 bridgehead atoms. The van der Waals surface area contributed by atoms with E-state index in [9.17, 15) is 0 Å². The van der Waals surface area contributed by atoms with E-state index in [2.05, 4.69) is 50.4 Å². The van der Waals surface area contributed by atoms with Crippen molar-refractivity contribution < 1.29 is 4.74 Å². The molecule has 0 spiro atoms. The van der Waals surface area contributed by atoms with Crippen LogP contribution in [0.3, 0.4) is 0 Å². The van der Waals surface area contributed by atoms with Crippen LogP contribution in [0.25, 0.3) is 0 Å². The minimum Gasteiger partial charge on any atom is -0.371 e. The summed E-state index contributed by atoms with van der Waals surface area (Å²) in [6.07, 6.45) is 3.83. The largest absolute Gasteiger partial charge is 0.371 e. The Labute approximate surface area is 111 Å². The van der Waals surface area contributed by atoms with E-state index in [-0.39, 0.29) is 5.60 Å². The molecule has 0 saturated carbocycles. The lowest BCUT2D eigenvalue weighted by atomic mass is 10.0. The van der Waals surface area contributed by atoms with Crippen LogP contribution < -0.4 is 5.32 Å². The van der Waals surface area contributed by atoms with Crippen molar-refractivity contribution in [3.8, 4) is 0 Å². The lowest BCUT2D eigenvalue weighted by Gasteiger charge is -2.19. The Hall–Kier alpha value is -0.860. The van der Waals surface area contributed by atoms with E-state index < -0.39 is 0 Å². The third kappa shape index (κ3) is 3.56. The maximum absolute atomic E-state index is 5.98. The van der Waals surface area contributed by atoms with Gasteiger partial charge >= 0.3 is 0 Å². The average molecular weight is 247 g/mol. The van der Waals surface area contributed by atoms with Crippen molar-refractivity contribution in [1.82, 2.24) is 5.32 Å². The van der Waals surface area contributed by atoms with Gasteiger partial charge in [-0.2, -0.15) is 0 Å². The number of rotatable bonds is 5. The molecule has 1 N–H and O–H groups in total. The summed E-state index contributed by atoms with van der Waals surface area (Å²) in [6, 6.07) is 8.66. The molecule has 2 heteroatoms. The molecule has 1 heterocycles. The minimum absolute atomic E-state index is 0.0771. The van der Waals surface area contributed by atoms with Gasteiger partial charge in [0.05, 0.1) is 11.7 Å². The highest BCUT2D eigenvalue weighted by atomic mass is 16.5. The van der Waals surface area contributed by atoms with Gasteiger partial charge in [0.15, 0.2) is 0 Å². The van der Waals surface area contributed by atoms with E-state index in [1.165, 1.54) is 24.0 Å². The Morgan fingerprint density at radius 2 is 2.00 bits per heavy atom. The molecular weight excluding hydrogens is 222 g/mol. The molecule has 0 amide bonds. The van der Waals surface area contributed by atoms with Crippen LogP contribution in [-0.4, -0.2) is 18.2 Å². The molecule has 100 valence electrons. The van der Waals surface area contributed by atoms with Gasteiger partial charge in [-0.3, -0.25) is 0 Å². The number of nitrogens with one attached hydrogen (secondary N) is 1. The normalized spacial score (nSPS) is 22.3. The fourth-order valence-corrected chi connectivity index (χ4v) is 2.66. The van der Waals surface area contributed by atoms with E-state index in [0.29, 0.717) is 6.10 Å². The van der Waals surface area contributed by atoms with Crippen LogP contribution in [0.1, 0.15) is 44.7 Å². The van der Waals surface area contributed by atoms with Gasteiger partial charge in [-0.1, -0.05) is 31.2 Å². The summed E-state index contributed by atoms with van der Waals surface area (Å²) < 4.78 is 5.98. The van der Waals surface area contributed by atoms with Crippen molar-refractivity contribution in [3.63, 3.8) is 0 Å². The molecule has 0 aromatic heterocycles. The van der Waals surface area contributed by atoms with Crippen LogP contribution in [0.15, 0.2) is 24.3 Å². The van der Waals surface area contributed by atoms with Gasteiger partial charge in [0.2, 0.25) is 0 Å². The summed E-state index contributed by atoms with van der Waals surface area (Å²) in [4.78, 5) is 0. The molecule has 1 fully saturated rings. The van der Waals surface area contributed by atoms with Gasteiger partial charge < -0.3 is 10.1 Å². The summed E-state index contributed by atoms with van der Waals surface area (Å²) in [7, 11) is 0. The molecule has 1 aromatic rings. The second kappa shape index (κ2) is 5.85. The molecule has 1 aliphatic heterocycles. The van der Waals surface area contributed by atoms with Gasteiger partial charge in [-0.05, 0) is 44.2 Å². The number of hydrogen-bond donors (Lipinski definition) is 1. The van der Waals surface area contributed by atoms with Crippen LogP contribution in [0, 0.1) is 0 Å². The van der Waals surface area contributed by atoms with Crippen LogP contribution in [-0.2, 0) is 17.7 Å². The highest BCUT2D eigenvalue weighted by Gasteiger charge is 2.31. The van der Waals surface area contributed by atoms with Crippen LogP contribution in [0.5, 0.6) is 0 Å². The highest BCUT2D eigenvalue weighted by Crippen LogP contribution is 2.28. The molecule has 0 radical (unpaired) electrons. The summed E-state index contributed by atoms with van der Waals surface area (Å²) in [5.74, 6) is 0. The number of hydrogen-bond acceptors (Lipinski definition) is 2. The quantitative estimate of drug-likeness (QED) is 0.862. The Bertz CT molecular complexity index is 386. The average Bonchev–Trinajstić information content (AvgIpc) is 2.69. The van der Waals surface area contributed by atoms with Crippen LogP contribution in [0.2, 0.25) is 0 Å². The molecule has 18 heavy (non-hydrogen) atoms. The molecule has 1 atom stereocenters. The SMILES string of the molecule is CCc1ccccc1CNCC1CCC(C)(C)O1. The molecule has 2 nitrogen and oxygen atoms in total. The summed E-state index contributed by atoms with van der Waals surface area (Å²) in [5.41, 5.74) is 2.93. The lowest BCUT2D eigenvalue weighted by Crippen LogP contribution is -2.29. The maximum atomic E-state index is 5.98. The standard InChI is InChI=1S/C16H25NO/c1-4-13-7-5-6-8-14(13)11-17-12-15-9-10-16(2,3)18-15/h5-8,15,17H,4,9-12H2,1-3H3. The Balaban J connectivity index is 1.79. The zero-order valence-corrected chi connectivity index (χ0v) is 11.8.